The van der Waals surface area contributed by atoms with Gasteiger partial charge in [-0.1, -0.05) is 12.1 Å². The van der Waals surface area contributed by atoms with Crippen LogP contribution in [0.2, 0.25) is 0 Å². The van der Waals surface area contributed by atoms with Gasteiger partial charge >= 0.3 is 6.03 Å². The number of anilines is 1. The van der Waals surface area contributed by atoms with Gasteiger partial charge in [-0.15, -0.1) is 0 Å². The lowest BCUT2D eigenvalue weighted by atomic mass is 10.2. The van der Waals surface area contributed by atoms with E-state index >= 15 is 0 Å². The number of aromatic amines is 1. The highest BCUT2D eigenvalue weighted by Crippen LogP contribution is 2.17. The molecule has 0 unspecified atom stereocenters. The number of para-hydroxylation sites is 1. The molecule has 0 spiro atoms. The maximum atomic E-state index is 13.2. The summed E-state index contributed by atoms with van der Waals surface area (Å²) >= 11 is 0. The summed E-state index contributed by atoms with van der Waals surface area (Å²) in [5.41, 5.74) is 1.83. The minimum Gasteiger partial charge on any atom is -0.322 e. The second-order valence-electron chi connectivity index (χ2n) is 7.18. The lowest BCUT2D eigenvalue weighted by molar-refractivity contribution is 0.141. The Morgan fingerprint density at radius 1 is 1.17 bits per heavy atom. The van der Waals surface area contributed by atoms with Crippen molar-refractivity contribution < 1.29 is 9.18 Å². The number of carbonyl (C=O) groups excluding carboxylic acids is 1. The van der Waals surface area contributed by atoms with Crippen molar-refractivity contribution in [1.82, 2.24) is 19.8 Å². The van der Waals surface area contributed by atoms with Gasteiger partial charge in [0.05, 0.1) is 17.4 Å². The van der Waals surface area contributed by atoms with Crippen LogP contribution < -0.4 is 10.9 Å². The molecular formula is C21H22FN5O2. The molecule has 0 aliphatic carbocycles. The quantitative estimate of drug-likeness (QED) is 0.715. The molecule has 0 bridgehead atoms. The van der Waals surface area contributed by atoms with E-state index in [0.29, 0.717) is 60.7 Å². The fourth-order valence-corrected chi connectivity index (χ4v) is 3.49. The van der Waals surface area contributed by atoms with Crippen LogP contribution >= 0.6 is 0 Å². The average molecular weight is 395 g/mol. The molecule has 2 amide bonds. The van der Waals surface area contributed by atoms with E-state index in [0.717, 1.165) is 0 Å². The smallest absolute Gasteiger partial charge is 0.321 e. The van der Waals surface area contributed by atoms with E-state index in [1.807, 2.05) is 18.2 Å². The third kappa shape index (κ3) is 4.27. The first-order chi connectivity index (χ1) is 14.0. The van der Waals surface area contributed by atoms with Crippen LogP contribution in [0, 0.1) is 12.7 Å². The molecule has 0 saturated carbocycles. The van der Waals surface area contributed by atoms with Gasteiger partial charge in [-0.05, 0) is 42.8 Å². The molecular weight excluding hydrogens is 373 g/mol. The lowest BCUT2D eigenvalue weighted by Gasteiger charge is -2.34. The fraction of sp³-hybridized carbons (Fsp3) is 0.286. The molecule has 1 aromatic heterocycles. The Labute approximate surface area is 167 Å². The summed E-state index contributed by atoms with van der Waals surface area (Å²) in [7, 11) is 0. The Balaban J connectivity index is 1.36. The van der Waals surface area contributed by atoms with Crippen LogP contribution in [0.25, 0.3) is 10.9 Å². The minimum atomic E-state index is -0.325. The first-order valence-electron chi connectivity index (χ1n) is 9.52. The highest BCUT2D eigenvalue weighted by molar-refractivity contribution is 5.90. The second-order valence-corrected chi connectivity index (χ2v) is 7.18. The van der Waals surface area contributed by atoms with Gasteiger partial charge in [0.2, 0.25) is 0 Å². The number of amides is 2. The van der Waals surface area contributed by atoms with Crippen molar-refractivity contribution in [1.29, 1.82) is 0 Å². The number of benzene rings is 2. The van der Waals surface area contributed by atoms with Crippen LogP contribution in [-0.4, -0.2) is 52.0 Å². The molecule has 1 aliphatic heterocycles. The summed E-state index contributed by atoms with van der Waals surface area (Å²) < 4.78 is 13.2. The molecule has 4 rings (SSSR count). The number of halogens is 1. The fourth-order valence-electron chi connectivity index (χ4n) is 3.49. The summed E-state index contributed by atoms with van der Waals surface area (Å²) in [5.74, 6) is 0.294. The van der Waals surface area contributed by atoms with Crippen LogP contribution in [-0.2, 0) is 6.54 Å². The molecule has 0 radical (unpaired) electrons. The number of H-pyrrole nitrogens is 1. The second kappa shape index (κ2) is 8.00. The molecule has 7 nitrogen and oxygen atoms in total. The Morgan fingerprint density at radius 3 is 2.69 bits per heavy atom. The van der Waals surface area contributed by atoms with Crippen molar-refractivity contribution in [3.63, 3.8) is 0 Å². The Kier molecular flexibility index (Phi) is 5.26. The van der Waals surface area contributed by atoms with Gasteiger partial charge in [0.1, 0.15) is 11.6 Å². The van der Waals surface area contributed by atoms with Gasteiger partial charge in [-0.25, -0.2) is 14.2 Å². The first kappa shape index (κ1) is 19.1. The first-order valence-corrected chi connectivity index (χ1v) is 9.52. The van der Waals surface area contributed by atoms with Crippen molar-refractivity contribution in [3.05, 3.63) is 70.0 Å². The van der Waals surface area contributed by atoms with Crippen LogP contribution in [0.5, 0.6) is 0 Å². The van der Waals surface area contributed by atoms with E-state index in [1.54, 1.807) is 24.0 Å². The van der Waals surface area contributed by atoms with Crippen molar-refractivity contribution >= 4 is 22.6 Å². The van der Waals surface area contributed by atoms with Crippen LogP contribution in [0.15, 0.2) is 47.3 Å². The molecule has 0 atom stereocenters. The maximum Gasteiger partial charge on any atom is 0.321 e. The number of carbonyl (C=O) groups is 1. The van der Waals surface area contributed by atoms with E-state index in [9.17, 15) is 14.0 Å². The third-order valence-corrected chi connectivity index (χ3v) is 5.12. The summed E-state index contributed by atoms with van der Waals surface area (Å²) in [6.07, 6.45) is 0. The monoisotopic (exact) mass is 395 g/mol. The van der Waals surface area contributed by atoms with Crippen LogP contribution in [0.3, 0.4) is 0 Å². The topological polar surface area (TPSA) is 81.3 Å². The number of fused-ring (bicyclic) bond motifs is 1. The van der Waals surface area contributed by atoms with E-state index in [2.05, 4.69) is 20.2 Å². The Hall–Kier alpha value is -3.26. The minimum absolute atomic E-state index is 0.140. The number of rotatable bonds is 3. The summed E-state index contributed by atoms with van der Waals surface area (Å²) in [6.45, 7) is 4.74. The summed E-state index contributed by atoms with van der Waals surface area (Å²) in [4.78, 5) is 36.0. The van der Waals surface area contributed by atoms with Crippen molar-refractivity contribution in [2.45, 2.75) is 13.5 Å². The summed E-state index contributed by atoms with van der Waals surface area (Å²) in [6, 6.07) is 11.4. The lowest BCUT2D eigenvalue weighted by Crippen LogP contribution is -2.49. The van der Waals surface area contributed by atoms with Crippen LogP contribution in [0.1, 0.15) is 11.4 Å². The summed E-state index contributed by atoms with van der Waals surface area (Å²) in [5, 5.41) is 3.42. The number of hydrogen-bond acceptors (Lipinski definition) is 4. The molecule has 2 N–H and O–H groups in total. The molecule has 29 heavy (non-hydrogen) atoms. The van der Waals surface area contributed by atoms with Gasteiger partial charge in [0, 0.05) is 31.9 Å². The van der Waals surface area contributed by atoms with Gasteiger partial charge in [-0.2, -0.15) is 0 Å². The standard InChI is InChI=1S/C21H22FN5O2/c1-14-12-15(22)6-7-17(14)24-21(29)27-10-8-26(9-11-27)13-19-23-18-5-3-2-4-16(18)20(28)25-19/h2-7,12H,8-11,13H2,1H3,(H,24,29)(H,23,25,28). The highest BCUT2D eigenvalue weighted by Gasteiger charge is 2.22. The van der Waals surface area contributed by atoms with Gasteiger partial charge in [0.25, 0.3) is 5.56 Å². The predicted molar refractivity (Wildman–Crippen MR) is 109 cm³/mol. The van der Waals surface area contributed by atoms with Crippen molar-refractivity contribution in [3.8, 4) is 0 Å². The zero-order chi connectivity index (χ0) is 20.4. The third-order valence-electron chi connectivity index (χ3n) is 5.12. The van der Waals surface area contributed by atoms with E-state index in [-0.39, 0.29) is 17.4 Å². The molecule has 8 heteroatoms. The normalized spacial score (nSPS) is 14.9. The molecule has 1 fully saturated rings. The largest absolute Gasteiger partial charge is 0.322 e. The van der Waals surface area contributed by atoms with Gasteiger partial charge in [0.15, 0.2) is 0 Å². The van der Waals surface area contributed by atoms with E-state index < -0.39 is 0 Å². The van der Waals surface area contributed by atoms with Gasteiger partial charge in [-0.3, -0.25) is 9.69 Å². The Bertz CT molecular complexity index is 1110. The van der Waals surface area contributed by atoms with Crippen molar-refractivity contribution in [2.75, 3.05) is 31.5 Å². The van der Waals surface area contributed by atoms with Gasteiger partial charge < -0.3 is 15.2 Å². The van der Waals surface area contributed by atoms with E-state index in [4.69, 9.17) is 0 Å². The molecule has 150 valence electrons. The number of hydrogen-bond donors (Lipinski definition) is 2. The zero-order valence-electron chi connectivity index (χ0n) is 16.1. The van der Waals surface area contributed by atoms with Crippen molar-refractivity contribution in [2.24, 2.45) is 0 Å². The average Bonchev–Trinajstić information content (AvgIpc) is 2.71. The predicted octanol–water partition coefficient (Wildman–Crippen LogP) is 2.72. The molecule has 3 aromatic rings. The molecule has 2 heterocycles. The number of aryl methyl sites for hydroxylation is 1. The number of aromatic nitrogens is 2. The highest BCUT2D eigenvalue weighted by atomic mass is 19.1. The number of nitrogens with zero attached hydrogens (tertiary/aromatic N) is 3. The van der Waals surface area contributed by atoms with Crippen LogP contribution in [0.4, 0.5) is 14.9 Å². The molecule has 2 aromatic carbocycles. The molecule has 1 aliphatic rings. The maximum absolute atomic E-state index is 13.2. The molecule has 1 saturated heterocycles. The number of nitrogens with one attached hydrogen (secondary N) is 2. The number of urea groups is 1. The number of piperazine rings is 1. The SMILES string of the molecule is Cc1cc(F)ccc1NC(=O)N1CCN(Cc2nc3ccccc3c(=O)[nH]2)CC1. The Morgan fingerprint density at radius 2 is 1.93 bits per heavy atom. The van der Waals surface area contributed by atoms with E-state index in [1.165, 1.54) is 12.1 Å². The zero-order valence-corrected chi connectivity index (χ0v) is 16.1.